The molecule has 2 fully saturated rings. The van der Waals surface area contributed by atoms with Gasteiger partial charge in [-0.3, -0.25) is 0 Å². The summed E-state index contributed by atoms with van der Waals surface area (Å²) >= 11 is 0. The van der Waals surface area contributed by atoms with E-state index < -0.39 is 0 Å². The Hall–Kier alpha value is -0.860. The standard InChI is InChI=1S/C19H30N2/c1-21(2)19(12-4-3-5-13-19)18(20)17-11-7-10-16(14-17)15-8-6-9-15/h7,10-11,14-15,18H,3-6,8-9,12-13,20H2,1-2H3. The lowest BCUT2D eigenvalue weighted by Crippen LogP contribution is -2.53. The van der Waals surface area contributed by atoms with Gasteiger partial charge in [0.2, 0.25) is 0 Å². The van der Waals surface area contributed by atoms with E-state index >= 15 is 0 Å². The minimum Gasteiger partial charge on any atom is -0.322 e. The zero-order valence-electron chi connectivity index (χ0n) is 13.6. The molecule has 1 aromatic rings. The van der Waals surface area contributed by atoms with Crippen molar-refractivity contribution >= 4 is 0 Å². The van der Waals surface area contributed by atoms with Crippen molar-refractivity contribution in [2.75, 3.05) is 14.1 Å². The molecule has 0 aromatic heterocycles. The van der Waals surface area contributed by atoms with Gasteiger partial charge >= 0.3 is 0 Å². The summed E-state index contributed by atoms with van der Waals surface area (Å²) in [5.41, 5.74) is 9.80. The third-order valence-corrected chi connectivity index (χ3v) is 6.04. The summed E-state index contributed by atoms with van der Waals surface area (Å²) in [6.45, 7) is 0. The van der Waals surface area contributed by atoms with Gasteiger partial charge < -0.3 is 10.6 Å². The highest BCUT2D eigenvalue weighted by Gasteiger charge is 2.40. The minimum absolute atomic E-state index is 0.132. The van der Waals surface area contributed by atoms with Crippen LogP contribution in [0.25, 0.3) is 0 Å². The Kier molecular flexibility index (Phi) is 4.37. The van der Waals surface area contributed by atoms with Crippen molar-refractivity contribution in [3.05, 3.63) is 35.4 Å². The van der Waals surface area contributed by atoms with Crippen LogP contribution in [0, 0.1) is 0 Å². The fourth-order valence-corrected chi connectivity index (χ4v) is 4.26. The van der Waals surface area contributed by atoms with E-state index in [4.69, 9.17) is 5.73 Å². The fourth-order valence-electron chi connectivity index (χ4n) is 4.26. The molecule has 0 radical (unpaired) electrons. The molecule has 2 saturated carbocycles. The van der Waals surface area contributed by atoms with Gasteiger partial charge in [0.25, 0.3) is 0 Å². The molecule has 116 valence electrons. The molecule has 0 spiro atoms. The van der Waals surface area contributed by atoms with E-state index in [-0.39, 0.29) is 11.6 Å². The molecule has 2 aliphatic rings. The van der Waals surface area contributed by atoms with Gasteiger partial charge in [0, 0.05) is 11.6 Å². The van der Waals surface area contributed by atoms with E-state index in [1.54, 1.807) is 0 Å². The zero-order chi connectivity index (χ0) is 14.9. The quantitative estimate of drug-likeness (QED) is 0.898. The number of nitrogens with zero attached hydrogens (tertiary/aromatic N) is 1. The summed E-state index contributed by atoms with van der Waals surface area (Å²) in [6, 6.07) is 9.28. The summed E-state index contributed by atoms with van der Waals surface area (Å²) < 4.78 is 0. The van der Waals surface area contributed by atoms with Gasteiger partial charge in [-0.05, 0) is 56.8 Å². The number of hydrogen-bond donors (Lipinski definition) is 1. The van der Waals surface area contributed by atoms with Crippen LogP contribution < -0.4 is 5.73 Å². The SMILES string of the molecule is CN(C)C1(C(N)c2cccc(C3CCC3)c2)CCCCC1. The van der Waals surface area contributed by atoms with Crippen LogP contribution in [-0.4, -0.2) is 24.5 Å². The summed E-state index contributed by atoms with van der Waals surface area (Å²) in [7, 11) is 4.42. The minimum atomic E-state index is 0.132. The Morgan fingerprint density at radius 3 is 2.38 bits per heavy atom. The summed E-state index contributed by atoms with van der Waals surface area (Å²) in [5, 5.41) is 0. The van der Waals surface area contributed by atoms with Crippen molar-refractivity contribution in [3.63, 3.8) is 0 Å². The highest BCUT2D eigenvalue weighted by Crippen LogP contribution is 2.42. The molecule has 0 bridgehead atoms. The van der Waals surface area contributed by atoms with E-state index in [2.05, 4.69) is 43.3 Å². The van der Waals surface area contributed by atoms with E-state index in [0.29, 0.717) is 0 Å². The highest BCUT2D eigenvalue weighted by atomic mass is 15.2. The molecule has 2 aliphatic carbocycles. The summed E-state index contributed by atoms with van der Waals surface area (Å²) in [5.74, 6) is 0.791. The third-order valence-electron chi connectivity index (χ3n) is 6.04. The zero-order valence-corrected chi connectivity index (χ0v) is 13.6. The Morgan fingerprint density at radius 2 is 1.81 bits per heavy atom. The van der Waals surface area contributed by atoms with E-state index in [1.165, 1.54) is 62.5 Å². The first kappa shape index (κ1) is 15.1. The van der Waals surface area contributed by atoms with Crippen molar-refractivity contribution in [2.45, 2.75) is 68.9 Å². The normalized spacial score (nSPS) is 23.8. The molecular weight excluding hydrogens is 256 g/mol. The molecule has 1 aromatic carbocycles. The second kappa shape index (κ2) is 6.10. The van der Waals surface area contributed by atoms with Crippen molar-refractivity contribution in [1.29, 1.82) is 0 Å². The van der Waals surface area contributed by atoms with Gasteiger partial charge in [-0.25, -0.2) is 0 Å². The van der Waals surface area contributed by atoms with Gasteiger partial charge in [-0.2, -0.15) is 0 Å². The van der Waals surface area contributed by atoms with Crippen LogP contribution in [0.4, 0.5) is 0 Å². The molecule has 3 rings (SSSR count). The van der Waals surface area contributed by atoms with Gasteiger partial charge in [-0.1, -0.05) is 49.9 Å². The monoisotopic (exact) mass is 286 g/mol. The van der Waals surface area contributed by atoms with Crippen LogP contribution in [0.15, 0.2) is 24.3 Å². The average molecular weight is 286 g/mol. The maximum Gasteiger partial charge on any atom is 0.0482 e. The van der Waals surface area contributed by atoms with E-state index in [1.807, 2.05) is 0 Å². The second-order valence-electron chi connectivity index (χ2n) is 7.33. The smallest absolute Gasteiger partial charge is 0.0482 e. The van der Waals surface area contributed by atoms with Crippen LogP contribution in [0.1, 0.15) is 74.5 Å². The van der Waals surface area contributed by atoms with E-state index in [9.17, 15) is 0 Å². The van der Waals surface area contributed by atoms with Crippen molar-refractivity contribution < 1.29 is 0 Å². The molecule has 0 saturated heterocycles. The van der Waals surface area contributed by atoms with Crippen LogP contribution in [0.2, 0.25) is 0 Å². The van der Waals surface area contributed by atoms with Gasteiger partial charge in [0.1, 0.15) is 0 Å². The van der Waals surface area contributed by atoms with Crippen molar-refractivity contribution in [3.8, 4) is 0 Å². The molecule has 1 unspecified atom stereocenters. The second-order valence-corrected chi connectivity index (χ2v) is 7.33. The molecule has 1 atom stereocenters. The molecule has 0 heterocycles. The van der Waals surface area contributed by atoms with Crippen LogP contribution in [-0.2, 0) is 0 Å². The first-order chi connectivity index (χ1) is 10.1. The largest absolute Gasteiger partial charge is 0.322 e. The lowest BCUT2D eigenvalue weighted by Gasteiger charge is -2.47. The number of nitrogens with two attached hydrogens (primary N) is 1. The van der Waals surface area contributed by atoms with Gasteiger partial charge in [0.05, 0.1) is 0 Å². The summed E-state index contributed by atoms with van der Waals surface area (Å²) in [4.78, 5) is 2.40. The van der Waals surface area contributed by atoms with Crippen LogP contribution >= 0.6 is 0 Å². The first-order valence-corrected chi connectivity index (χ1v) is 8.66. The molecule has 21 heavy (non-hydrogen) atoms. The molecular formula is C19H30N2. The number of benzene rings is 1. The predicted molar refractivity (Wildman–Crippen MR) is 89.5 cm³/mol. The predicted octanol–water partition coefficient (Wildman–Crippen LogP) is 4.22. The Morgan fingerprint density at radius 1 is 1.10 bits per heavy atom. The summed E-state index contributed by atoms with van der Waals surface area (Å²) in [6.07, 6.45) is 10.6. The number of rotatable bonds is 4. The maximum atomic E-state index is 6.79. The van der Waals surface area contributed by atoms with Crippen molar-refractivity contribution in [2.24, 2.45) is 5.73 Å². The molecule has 0 amide bonds. The Bertz CT molecular complexity index is 470. The Balaban J connectivity index is 1.86. The van der Waals surface area contributed by atoms with Crippen LogP contribution in [0.5, 0.6) is 0 Å². The number of likely N-dealkylation sites (N-methyl/N-ethyl adjacent to an activating group) is 1. The Labute approximate surface area is 129 Å². The van der Waals surface area contributed by atoms with Crippen LogP contribution in [0.3, 0.4) is 0 Å². The van der Waals surface area contributed by atoms with Crippen molar-refractivity contribution in [1.82, 2.24) is 4.90 Å². The first-order valence-electron chi connectivity index (χ1n) is 8.66. The topological polar surface area (TPSA) is 29.3 Å². The molecule has 2 N–H and O–H groups in total. The molecule has 2 heteroatoms. The number of hydrogen-bond acceptors (Lipinski definition) is 2. The third kappa shape index (κ3) is 2.76. The molecule has 0 aliphatic heterocycles. The maximum absolute atomic E-state index is 6.79. The fraction of sp³-hybridized carbons (Fsp3) is 0.684. The van der Waals surface area contributed by atoms with Gasteiger partial charge in [0.15, 0.2) is 0 Å². The average Bonchev–Trinajstić information content (AvgIpc) is 2.45. The van der Waals surface area contributed by atoms with E-state index in [0.717, 1.165) is 5.92 Å². The highest BCUT2D eigenvalue weighted by molar-refractivity contribution is 5.31. The van der Waals surface area contributed by atoms with Gasteiger partial charge in [-0.15, -0.1) is 0 Å². The molecule has 2 nitrogen and oxygen atoms in total. The lowest BCUT2D eigenvalue weighted by molar-refractivity contribution is 0.0713. The lowest BCUT2D eigenvalue weighted by atomic mass is 9.72.